The lowest BCUT2D eigenvalue weighted by atomic mass is 10.1. The predicted octanol–water partition coefficient (Wildman–Crippen LogP) is 6.06. The monoisotopic (exact) mass is 342 g/mol. The molecule has 0 unspecified atom stereocenters. The van der Waals surface area contributed by atoms with E-state index in [-0.39, 0.29) is 5.97 Å². The molecule has 0 aliphatic carbocycles. The summed E-state index contributed by atoms with van der Waals surface area (Å²) in [4.78, 5) is 15.5. The fourth-order valence-electron chi connectivity index (χ4n) is 2.54. The lowest BCUT2D eigenvalue weighted by molar-refractivity contribution is -0.242. The topological polar surface area (TPSA) is 55.8 Å². The number of unbranched alkanes of at least 4 members (excludes halogenated alkanes) is 11. The highest BCUT2D eigenvalue weighted by Crippen LogP contribution is 2.12. The summed E-state index contributed by atoms with van der Waals surface area (Å²) in [6.07, 6.45) is 18.0. The third-order valence-corrected chi connectivity index (χ3v) is 3.77. The van der Waals surface area contributed by atoms with Crippen LogP contribution in [0.15, 0.2) is 12.2 Å². The normalized spacial score (nSPS) is 12.0. The molecule has 0 rings (SSSR count). The molecule has 0 aromatic rings. The van der Waals surface area contributed by atoms with Gasteiger partial charge >= 0.3 is 5.97 Å². The van der Waals surface area contributed by atoms with Crippen molar-refractivity contribution in [3.8, 4) is 0 Å². The Morgan fingerprint density at radius 2 is 1.29 bits per heavy atom. The van der Waals surface area contributed by atoms with Crippen LogP contribution in [0.25, 0.3) is 0 Å². The molecule has 1 N–H and O–H groups in total. The summed E-state index contributed by atoms with van der Waals surface area (Å²) >= 11 is 0. The third kappa shape index (κ3) is 19.2. The van der Waals surface area contributed by atoms with Crippen molar-refractivity contribution in [1.29, 1.82) is 0 Å². The lowest BCUT2D eigenvalue weighted by Crippen LogP contribution is -2.22. The predicted molar refractivity (Wildman–Crippen MR) is 99.0 cm³/mol. The first kappa shape index (κ1) is 23.1. The SMILES string of the molecule is CC(C)(C)OC(=O)C=CCCCCCCCCCCCCCOO. The molecule has 0 aliphatic heterocycles. The van der Waals surface area contributed by atoms with Gasteiger partial charge in [0.25, 0.3) is 0 Å². The number of carbonyl (C=O) groups excluding carboxylic acids is 1. The van der Waals surface area contributed by atoms with Crippen LogP contribution in [-0.4, -0.2) is 23.4 Å². The van der Waals surface area contributed by atoms with Gasteiger partial charge in [0.1, 0.15) is 5.60 Å². The minimum absolute atomic E-state index is 0.244. The second-order valence-electron chi connectivity index (χ2n) is 7.45. The van der Waals surface area contributed by atoms with Crippen LogP contribution in [0.4, 0.5) is 0 Å². The van der Waals surface area contributed by atoms with E-state index < -0.39 is 5.60 Å². The van der Waals surface area contributed by atoms with Gasteiger partial charge in [0.2, 0.25) is 0 Å². The average molecular weight is 343 g/mol. The van der Waals surface area contributed by atoms with E-state index in [4.69, 9.17) is 9.99 Å². The van der Waals surface area contributed by atoms with Crippen molar-refractivity contribution in [1.82, 2.24) is 0 Å². The summed E-state index contributed by atoms with van der Waals surface area (Å²) in [6, 6.07) is 0. The molecule has 0 fully saturated rings. The van der Waals surface area contributed by atoms with Crippen LogP contribution in [0.3, 0.4) is 0 Å². The maximum Gasteiger partial charge on any atom is 0.330 e. The average Bonchev–Trinajstić information content (AvgIpc) is 2.49. The van der Waals surface area contributed by atoms with Crippen molar-refractivity contribution in [3.05, 3.63) is 12.2 Å². The van der Waals surface area contributed by atoms with Gasteiger partial charge in [-0.15, -0.1) is 0 Å². The first-order valence-corrected chi connectivity index (χ1v) is 9.61. The molecule has 0 aliphatic rings. The van der Waals surface area contributed by atoms with Gasteiger partial charge in [-0.05, 0) is 40.0 Å². The molecule has 0 spiro atoms. The Hall–Kier alpha value is -0.870. The van der Waals surface area contributed by atoms with E-state index in [0.29, 0.717) is 6.61 Å². The zero-order valence-corrected chi connectivity index (χ0v) is 16.0. The Morgan fingerprint density at radius 1 is 0.833 bits per heavy atom. The number of allylic oxidation sites excluding steroid dienone is 1. The molecule has 0 aromatic carbocycles. The van der Waals surface area contributed by atoms with Crippen LogP contribution in [0.2, 0.25) is 0 Å². The van der Waals surface area contributed by atoms with Crippen molar-refractivity contribution in [2.75, 3.05) is 6.61 Å². The molecular formula is C20H38O4. The molecule has 0 saturated carbocycles. The molecule has 0 saturated heterocycles. The summed E-state index contributed by atoms with van der Waals surface area (Å²) in [7, 11) is 0. The highest BCUT2D eigenvalue weighted by molar-refractivity contribution is 5.82. The fourth-order valence-corrected chi connectivity index (χ4v) is 2.54. The largest absolute Gasteiger partial charge is 0.457 e. The molecule has 24 heavy (non-hydrogen) atoms. The van der Waals surface area contributed by atoms with E-state index in [2.05, 4.69) is 4.89 Å². The standard InChI is InChI=1S/C20H38O4/c1-20(2,3)24-19(21)17-15-13-11-9-7-5-4-6-8-10-12-14-16-18-23-22/h15,17,22H,4-14,16,18H2,1-3H3. The molecule has 0 heterocycles. The van der Waals surface area contributed by atoms with Crippen LogP contribution < -0.4 is 0 Å². The maximum atomic E-state index is 11.5. The van der Waals surface area contributed by atoms with E-state index in [1.54, 1.807) is 6.08 Å². The molecular weight excluding hydrogens is 304 g/mol. The Morgan fingerprint density at radius 3 is 1.75 bits per heavy atom. The number of esters is 1. The molecule has 0 atom stereocenters. The van der Waals surface area contributed by atoms with E-state index in [9.17, 15) is 4.79 Å². The van der Waals surface area contributed by atoms with E-state index in [1.165, 1.54) is 51.4 Å². The first-order valence-electron chi connectivity index (χ1n) is 9.61. The molecule has 0 aromatic heterocycles. The van der Waals surface area contributed by atoms with E-state index in [0.717, 1.165) is 25.7 Å². The van der Waals surface area contributed by atoms with E-state index in [1.807, 2.05) is 26.8 Å². The minimum Gasteiger partial charge on any atom is -0.457 e. The number of hydrogen-bond donors (Lipinski definition) is 1. The van der Waals surface area contributed by atoms with Crippen LogP contribution in [0.1, 0.15) is 97.8 Å². The summed E-state index contributed by atoms with van der Waals surface area (Å²) < 4.78 is 5.21. The Bertz CT molecular complexity index is 318. The van der Waals surface area contributed by atoms with Crippen LogP contribution >= 0.6 is 0 Å². The summed E-state index contributed by atoms with van der Waals surface area (Å²) in [6.45, 7) is 6.11. The van der Waals surface area contributed by atoms with Crippen molar-refractivity contribution in [2.24, 2.45) is 0 Å². The van der Waals surface area contributed by atoms with Crippen molar-refractivity contribution < 1.29 is 19.7 Å². The molecule has 142 valence electrons. The number of carbonyl (C=O) groups is 1. The van der Waals surface area contributed by atoms with Gasteiger partial charge in [-0.1, -0.05) is 63.9 Å². The minimum atomic E-state index is -0.407. The molecule has 4 nitrogen and oxygen atoms in total. The Labute approximate surface area is 148 Å². The van der Waals surface area contributed by atoms with E-state index >= 15 is 0 Å². The van der Waals surface area contributed by atoms with Crippen LogP contribution in [0, 0.1) is 0 Å². The zero-order chi connectivity index (χ0) is 18.1. The second kappa shape index (κ2) is 15.6. The van der Waals surface area contributed by atoms with Crippen LogP contribution in [0.5, 0.6) is 0 Å². The zero-order valence-electron chi connectivity index (χ0n) is 16.0. The van der Waals surface area contributed by atoms with Gasteiger partial charge in [0, 0.05) is 6.08 Å². The van der Waals surface area contributed by atoms with Gasteiger partial charge < -0.3 is 4.74 Å². The number of rotatable bonds is 15. The third-order valence-electron chi connectivity index (χ3n) is 3.77. The fraction of sp³-hybridized carbons (Fsp3) is 0.850. The number of ether oxygens (including phenoxy) is 1. The Balaban J connectivity index is 3.24. The van der Waals surface area contributed by atoms with Gasteiger partial charge in [-0.2, -0.15) is 0 Å². The quantitative estimate of drug-likeness (QED) is 0.129. The maximum absolute atomic E-state index is 11.5. The summed E-state index contributed by atoms with van der Waals surface area (Å²) in [5, 5.41) is 8.20. The summed E-state index contributed by atoms with van der Waals surface area (Å²) in [5.74, 6) is -0.244. The smallest absolute Gasteiger partial charge is 0.330 e. The van der Waals surface area contributed by atoms with Gasteiger partial charge in [0.05, 0.1) is 6.61 Å². The first-order chi connectivity index (χ1) is 11.5. The molecule has 4 heteroatoms. The lowest BCUT2D eigenvalue weighted by Gasteiger charge is -2.17. The van der Waals surface area contributed by atoms with Gasteiger partial charge in [-0.25, -0.2) is 9.68 Å². The van der Waals surface area contributed by atoms with Crippen molar-refractivity contribution in [3.63, 3.8) is 0 Å². The molecule has 0 radical (unpaired) electrons. The highest BCUT2D eigenvalue weighted by atomic mass is 17.1. The van der Waals surface area contributed by atoms with Crippen molar-refractivity contribution in [2.45, 2.75) is 103 Å². The van der Waals surface area contributed by atoms with Crippen LogP contribution in [-0.2, 0) is 14.4 Å². The number of hydrogen-bond acceptors (Lipinski definition) is 4. The molecule has 0 amide bonds. The highest BCUT2D eigenvalue weighted by Gasteiger charge is 2.13. The van der Waals surface area contributed by atoms with Crippen molar-refractivity contribution >= 4 is 5.97 Å². The van der Waals surface area contributed by atoms with Gasteiger partial charge in [-0.3, -0.25) is 5.26 Å². The summed E-state index contributed by atoms with van der Waals surface area (Å²) in [5.41, 5.74) is -0.407. The molecule has 0 bridgehead atoms. The Kier molecular flexibility index (Phi) is 15.1. The van der Waals surface area contributed by atoms with Gasteiger partial charge in [0.15, 0.2) is 0 Å². The second-order valence-corrected chi connectivity index (χ2v) is 7.45.